The predicted molar refractivity (Wildman–Crippen MR) is 112 cm³/mol. The number of methoxy groups -OCH3 is 1. The number of aromatic nitrogens is 6. The van der Waals surface area contributed by atoms with E-state index >= 15 is 0 Å². The van der Waals surface area contributed by atoms with Crippen LogP contribution in [0.5, 0.6) is 5.88 Å². The Hall–Kier alpha value is -4.02. The topological polar surface area (TPSA) is 70.7 Å². The Morgan fingerprint density at radius 3 is 2.64 bits per heavy atom. The lowest BCUT2D eigenvalue weighted by atomic mass is 10.1. The second-order valence-electron chi connectivity index (χ2n) is 7.43. The van der Waals surface area contributed by atoms with E-state index in [-0.39, 0.29) is 12.1 Å². The van der Waals surface area contributed by atoms with Gasteiger partial charge in [0.15, 0.2) is 5.65 Å². The molecule has 4 aromatic heterocycles. The number of imidazole rings is 1. The fraction of sp³-hybridized carbons (Fsp3) is 0.182. The van der Waals surface area contributed by atoms with Gasteiger partial charge in [0.1, 0.15) is 23.5 Å². The number of ether oxygens (including phenoxy) is 1. The summed E-state index contributed by atoms with van der Waals surface area (Å²) in [7, 11) is 1.51. The van der Waals surface area contributed by atoms with Crippen LogP contribution in [0.1, 0.15) is 17.0 Å². The monoisotopic (exact) mass is 456 g/mol. The summed E-state index contributed by atoms with van der Waals surface area (Å²) >= 11 is 0. The van der Waals surface area contributed by atoms with E-state index in [0.29, 0.717) is 45.7 Å². The molecular weight excluding hydrogens is 440 g/mol. The zero-order chi connectivity index (χ0) is 23.3. The Bertz CT molecular complexity index is 1500. The number of fused-ring (bicyclic) bond motifs is 2. The molecule has 1 aromatic carbocycles. The molecule has 7 nitrogen and oxygen atoms in total. The van der Waals surface area contributed by atoms with Gasteiger partial charge in [-0.15, -0.1) is 0 Å². The Morgan fingerprint density at radius 2 is 1.88 bits per heavy atom. The third kappa shape index (κ3) is 3.65. The number of hydrogen-bond acceptors (Lipinski definition) is 5. The van der Waals surface area contributed by atoms with Crippen molar-refractivity contribution >= 4 is 22.2 Å². The van der Waals surface area contributed by atoms with Gasteiger partial charge in [0.2, 0.25) is 5.88 Å². The molecule has 0 saturated heterocycles. The molecule has 0 radical (unpaired) electrons. The molecule has 5 aromatic rings. The number of pyridine rings is 1. The number of halogens is 4. The SMILES string of the molecule is COc1ncnc2ccn(-c3cnc4nc(C)n(Cc5cc(F)cc(C(F)(F)F)c5)c4c3)c12. The van der Waals surface area contributed by atoms with Gasteiger partial charge in [-0.3, -0.25) is 0 Å². The summed E-state index contributed by atoms with van der Waals surface area (Å²) in [4.78, 5) is 17.2. The van der Waals surface area contributed by atoms with Crippen LogP contribution in [0.25, 0.3) is 27.9 Å². The van der Waals surface area contributed by atoms with Gasteiger partial charge in [-0.1, -0.05) is 0 Å². The largest absolute Gasteiger partial charge is 0.479 e. The van der Waals surface area contributed by atoms with Crippen molar-refractivity contribution < 1.29 is 22.3 Å². The molecule has 0 aliphatic carbocycles. The summed E-state index contributed by atoms with van der Waals surface area (Å²) < 4.78 is 62.2. The number of benzene rings is 1. The second kappa shape index (κ2) is 7.54. The molecule has 0 fully saturated rings. The smallest absolute Gasteiger partial charge is 0.416 e. The van der Waals surface area contributed by atoms with Crippen LogP contribution >= 0.6 is 0 Å². The first-order valence-electron chi connectivity index (χ1n) is 9.80. The van der Waals surface area contributed by atoms with Crippen molar-refractivity contribution in [3.63, 3.8) is 0 Å². The Labute approximate surface area is 184 Å². The predicted octanol–water partition coefficient (Wildman–Crippen LogP) is 4.69. The van der Waals surface area contributed by atoms with Crippen LogP contribution in [0, 0.1) is 12.7 Å². The first-order valence-corrected chi connectivity index (χ1v) is 9.80. The molecule has 0 bridgehead atoms. The Kier molecular flexibility index (Phi) is 4.76. The van der Waals surface area contributed by atoms with Crippen LogP contribution in [0.3, 0.4) is 0 Å². The maximum absolute atomic E-state index is 13.9. The Balaban J connectivity index is 1.63. The van der Waals surface area contributed by atoms with E-state index in [2.05, 4.69) is 19.9 Å². The fourth-order valence-corrected chi connectivity index (χ4v) is 3.84. The molecule has 33 heavy (non-hydrogen) atoms. The van der Waals surface area contributed by atoms with Crippen LogP contribution in [-0.2, 0) is 12.7 Å². The van der Waals surface area contributed by atoms with Gasteiger partial charge in [0, 0.05) is 12.7 Å². The molecule has 0 spiro atoms. The van der Waals surface area contributed by atoms with Crippen molar-refractivity contribution in [1.82, 2.24) is 29.1 Å². The molecule has 0 saturated carbocycles. The van der Waals surface area contributed by atoms with E-state index in [1.54, 1.807) is 40.6 Å². The molecule has 4 heterocycles. The number of hydrogen-bond donors (Lipinski definition) is 0. The van der Waals surface area contributed by atoms with Crippen molar-refractivity contribution in [3.05, 3.63) is 71.8 Å². The van der Waals surface area contributed by atoms with Gasteiger partial charge in [0.05, 0.1) is 35.6 Å². The minimum Gasteiger partial charge on any atom is -0.479 e. The lowest BCUT2D eigenvalue weighted by Gasteiger charge is -2.12. The van der Waals surface area contributed by atoms with E-state index in [1.165, 1.54) is 13.4 Å². The van der Waals surface area contributed by atoms with Gasteiger partial charge < -0.3 is 13.9 Å². The van der Waals surface area contributed by atoms with Crippen LogP contribution in [0.15, 0.2) is 49.1 Å². The summed E-state index contributed by atoms with van der Waals surface area (Å²) in [5.74, 6) is -0.0356. The Morgan fingerprint density at radius 1 is 1.06 bits per heavy atom. The highest BCUT2D eigenvalue weighted by atomic mass is 19.4. The van der Waals surface area contributed by atoms with E-state index < -0.39 is 17.6 Å². The van der Waals surface area contributed by atoms with Crippen LogP contribution in [0.2, 0.25) is 0 Å². The molecular formula is C22H16F4N6O. The molecule has 11 heteroatoms. The zero-order valence-corrected chi connectivity index (χ0v) is 17.4. The van der Waals surface area contributed by atoms with Crippen LogP contribution in [-0.4, -0.2) is 36.2 Å². The minimum absolute atomic E-state index is 0.00678. The standard InChI is InChI=1S/C22H16F4N6O/c1-12-30-20-18(32(12)10-13-5-14(22(24,25)26)7-15(23)6-13)8-16(9-27-20)31-4-3-17-19(31)21(33-2)29-11-28-17/h3-9,11H,10H2,1-2H3. The molecule has 0 aliphatic heterocycles. The first-order chi connectivity index (χ1) is 15.7. The number of rotatable bonds is 4. The van der Waals surface area contributed by atoms with Gasteiger partial charge in [-0.25, -0.2) is 19.3 Å². The average Bonchev–Trinajstić information content (AvgIpc) is 3.33. The van der Waals surface area contributed by atoms with Crippen molar-refractivity contribution in [2.24, 2.45) is 0 Å². The van der Waals surface area contributed by atoms with Gasteiger partial charge in [-0.2, -0.15) is 18.2 Å². The van der Waals surface area contributed by atoms with Crippen molar-refractivity contribution in [3.8, 4) is 11.6 Å². The van der Waals surface area contributed by atoms with Gasteiger partial charge in [-0.05, 0) is 42.8 Å². The molecule has 168 valence electrons. The van der Waals surface area contributed by atoms with Crippen molar-refractivity contribution in [2.75, 3.05) is 7.11 Å². The van der Waals surface area contributed by atoms with Crippen molar-refractivity contribution in [2.45, 2.75) is 19.6 Å². The number of aryl methyl sites for hydroxylation is 1. The van der Waals surface area contributed by atoms with Gasteiger partial charge in [0.25, 0.3) is 0 Å². The summed E-state index contributed by atoms with van der Waals surface area (Å²) in [5, 5.41) is 0. The minimum atomic E-state index is -4.64. The molecule has 0 N–H and O–H groups in total. The van der Waals surface area contributed by atoms with E-state index in [4.69, 9.17) is 4.74 Å². The summed E-state index contributed by atoms with van der Waals surface area (Å²) in [6, 6.07) is 6.11. The zero-order valence-electron chi connectivity index (χ0n) is 17.4. The normalized spacial score (nSPS) is 12.1. The maximum Gasteiger partial charge on any atom is 0.416 e. The highest BCUT2D eigenvalue weighted by Crippen LogP contribution is 2.31. The third-order valence-electron chi connectivity index (χ3n) is 5.32. The molecule has 5 rings (SSSR count). The van der Waals surface area contributed by atoms with Gasteiger partial charge >= 0.3 is 6.18 Å². The van der Waals surface area contributed by atoms with E-state index in [1.807, 2.05) is 0 Å². The number of nitrogens with zero attached hydrogens (tertiary/aromatic N) is 6. The average molecular weight is 456 g/mol. The van der Waals surface area contributed by atoms with Crippen molar-refractivity contribution in [1.29, 1.82) is 0 Å². The van der Waals surface area contributed by atoms with E-state index in [0.717, 1.165) is 12.1 Å². The summed E-state index contributed by atoms with van der Waals surface area (Å²) in [6.07, 6.45) is 0.170. The van der Waals surface area contributed by atoms with Crippen LogP contribution < -0.4 is 4.74 Å². The fourth-order valence-electron chi connectivity index (χ4n) is 3.84. The second-order valence-corrected chi connectivity index (χ2v) is 7.43. The molecule has 0 amide bonds. The number of alkyl halides is 3. The lowest BCUT2D eigenvalue weighted by molar-refractivity contribution is -0.137. The summed E-state index contributed by atoms with van der Waals surface area (Å²) in [5.41, 5.74) is 2.10. The molecule has 0 unspecified atom stereocenters. The quantitative estimate of drug-likeness (QED) is 0.367. The first kappa shape index (κ1) is 20.9. The highest BCUT2D eigenvalue weighted by molar-refractivity contribution is 5.83. The molecule has 0 atom stereocenters. The summed E-state index contributed by atoms with van der Waals surface area (Å²) in [6.45, 7) is 1.71. The highest BCUT2D eigenvalue weighted by Gasteiger charge is 2.31. The maximum atomic E-state index is 13.9. The van der Waals surface area contributed by atoms with Crippen LogP contribution in [0.4, 0.5) is 17.6 Å². The third-order valence-corrected chi connectivity index (χ3v) is 5.32. The molecule has 0 aliphatic rings. The lowest BCUT2D eigenvalue weighted by Crippen LogP contribution is -2.09. The van der Waals surface area contributed by atoms with E-state index in [9.17, 15) is 17.6 Å².